The molecule has 2 aromatic heterocycles. The zero-order valence-electron chi connectivity index (χ0n) is 9.74. The molecule has 0 aliphatic carbocycles. The van der Waals surface area contributed by atoms with Gasteiger partial charge in [0.05, 0.1) is 17.9 Å². The lowest BCUT2D eigenvalue weighted by molar-refractivity contribution is 0.0517. The minimum atomic E-state index is -0.604. The van der Waals surface area contributed by atoms with Gasteiger partial charge in [-0.15, -0.1) is 0 Å². The number of rotatable bonds is 4. The number of aldehydes is 1. The molecular formula is C12H11N3O3. The van der Waals surface area contributed by atoms with E-state index in [1.807, 2.05) is 0 Å². The van der Waals surface area contributed by atoms with Crippen molar-refractivity contribution in [3.63, 3.8) is 0 Å². The molecule has 2 rings (SSSR count). The minimum Gasteiger partial charge on any atom is -0.461 e. The predicted molar refractivity (Wildman–Crippen MR) is 62.7 cm³/mol. The summed E-state index contributed by atoms with van der Waals surface area (Å²) in [5.41, 5.74) is 0.928. The summed E-state index contributed by atoms with van der Waals surface area (Å²) in [5, 5.41) is 4.05. The standard InChI is InChI=1S/C12H11N3O3/c1-2-18-12(17)11-9(8-16)7-15(14-11)10-3-5-13-6-4-10/h3-8H,2H2,1H3. The van der Waals surface area contributed by atoms with Crippen LogP contribution >= 0.6 is 0 Å². The average Bonchev–Trinajstić information content (AvgIpc) is 2.84. The third-order valence-corrected chi connectivity index (χ3v) is 2.27. The quantitative estimate of drug-likeness (QED) is 0.598. The van der Waals surface area contributed by atoms with Crippen LogP contribution in [-0.2, 0) is 4.74 Å². The first kappa shape index (κ1) is 12.0. The third-order valence-electron chi connectivity index (χ3n) is 2.27. The summed E-state index contributed by atoms with van der Waals surface area (Å²) < 4.78 is 6.28. The average molecular weight is 245 g/mol. The predicted octanol–water partition coefficient (Wildman–Crippen LogP) is 1.26. The zero-order valence-corrected chi connectivity index (χ0v) is 9.74. The molecule has 0 bridgehead atoms. The van der Waals surface area contributed by atoms with Crippen LogP contribution in [0.2, 0.25) is 0 Å². The third kappa shape index (κ3) is 2.27. The van der Waals surface area contributed by atoms with Gasteiger partial charge in [-0.3, -0.25) is 9.78 Å². The van der Waals surface area contributed by atoms with Crippen molar-refractivity contribution < 1.29 is 14.3 Å². The summed E-state index contributed by atoms with van der Waals surface area (Å²) in [5.74, 6) is -0.604. The summed E-state index contributed by atoms with van der Waals surface area (Å²) >= 11 is 0. The molecule has 0 saturated carbocycles. The SMILES string of the molecule is CCOC(=O)c1nn(-c2ccncc2)cc1C=O. The first-order chi connectivity index (χ1) is 8.76. The maximum absolute atomic E-state index is 11.6. The van der Waals surface area contributed by atoms with Crippen LogP contribution in [0.4, 0.5) is 0 Å². The van der Waals surface area contributed by atoms with Crippen LogP contribution in [0.25, 0.3) is 5.69 Å². The second-order valence-electron chi connectivity index (χ2n) is 3.42. The summed E-state index contributed by atoms with van der Waals surface area (Å²) in [6.07, 6.45) is 5.26. The molecule has 0 atom stereocenters. The van der Waals surface area contributed by atoms with Gasteiger partial charge in [0.1, 0.15) is 0 Å². The molecule has 0 fully saturated rings. The smallest absolute Gasteiger partial charge is 0.359 e. The van der Waals surface area contributed by atoms with Crippen molar-refractivity contribution in [1.29, 1.82) is 0 Å². The van der Waals surface area contributed by atoms with Crippen LogP contribution in [0.1, 0.15) is 27.8 Å². The molecule has 0 unspecified atom stereocenters. The number of esters is 1. The van der Waals surface area contributed by atoms with E-state index in [1.165, 1.54) is 10.9 Å². The molecular weight excluding hydrogens is 234 g/mol. The molecule has 2 aromatic rings. The summed E-state index contributed by atoms with van der Waals surface area (Å²) in [7, 11) is 0. The highest BCUT2D eigenvalue weighted by atomic mass is 16.5. The van der Waals surface area contributed by atoms with Gasteiger partial charge in [-0.1, -0.05) is 0 Å². The van der Waals surface area contributed by atoms with Gasteiger partial charge in [0.2, 0.25) is 0 Å². The van der Waals surface area contributed by atoms with Crippen molar-refractivity contribution >= 4 is 12.3 Å². The van der Waals surface area contributed by atoms with E-state index >= 15 is 0 Å². The molecule has 6 heteroatoms. The van der Waals surface area contributed by atoms with Crippen LogP contribution in [-0.4, -0.2) is 33.6 Å². The van der Waals surface area contributed by atoms with Crippen LogP contribution in [0.15, 0.2) is 30.7 Å². The number of aromatic nitrogens is 3. The number of nitrogens with zero attached hydrogens (tertiary/aromatic N) is 3. The van der Waals surface area contributed by atoms with Crippen LogP contribution in [0, 0.1) is 0 Å². The van der Waals surface area contributed by atoms with E-state index in [-0.39, 0.29) is 17.9 Å². The fraction of sp³-hybridized carbons (Fsp3) is 0.167. The first-order valence-corrected chi connectivity index (χ1v) is 5.38. The fourth-order valence-electron chi connectivity index (χ4n) is 1.46. The van der Waals surface area contributed by atoms with E-state index in [1.54, 1.807) is 31.5 Å². The Bertz CT molecular complexity index is 563. The van der Waals surface area contributed by atoms with Crippen molar-refractivity contribution in [1.82, 2.24) is 14.8 Å². The van der Waals surface area contributed by atoms with Crippen molar-refractivity contribution in [2.75, 3.05) is 6.61 Å². The molecule has 0 radical (unpaired) electrons. The number of hydrogen-bond donors (Lipinski definition) is 0. The Hall–Kier alpha value is -2.50. The fourth-order valence-corrected chi connectivity index (χ4v) is 1.46. The summed E-state index contributed by atoms with van der Waals surface area (Å²) in [6, 6.07) is 3.44. The highest BCUT2D eigenvalue weighted by molar-refractivity contribution is 5.96. The van der Waals surface area contributed by atoms with E-state index in [0.29, 0.717) is 12.0 Å². The number of carbonyl (C=O) groups excluding carboxylic acids is 2. The number of pyridine rings is 1. The zero-order chi connectivity index (χ0) is 13.0. The van der Waals surface area contributed by atoms with Crippen molar-refractivity contribution in [3.05, 3.63) is 42.0 Å². The topological polar surface area (TPSA) is 74.1 Å². The van der Waals surface area contributed by atoms with Gasteiger partial charge in [-0.2, -0.15) is 5.10 Å². The Morgan fingerprint density at radius 3 is 2.78 bits per heavy atom. The Morgan fingerprint density at radius 2 is 2.17 bits per heavy atom. The number of hydrogen-bond acceptors (Lipinski definition) is 5. The number of carbonyl (C=O) groups is 2. The Balaban J connectivity index is 2.41. The van der Waals surface area contributed by atoms with Crippen molar-refractivity contribution in [2.24, 2.45) is 0 Å². The van der Waals surface area contributed by atoms with Gasteiger partial charge in [0, 0.05) is 18.6 Å². The van der Waals surface area contributed by atoms with Gasteiger partial charge in [0.25, 0.3) is 0 Å². The summed E-state index contributed by atoms with van der Waals surface area (Å²) in [4.78, 5) is 26.4. The molecule has 0 aliphatic rings. The van der Waals surface area contributed by atoms with E-state index < -0.39 is 5.97 Å². The molecule has 18 heavy (non-hydrogen) atoms. The summed E-state index contributed by atoms with van der Waals surface area (Å²) in [6.45, 7) is 1.93. The lowest BCUT2D eigenvalue weighted by Crippen LogP contribution is -2.08. The second kappa shape index (κ2) is 5.22. The molecule has 0 saturated heterocycles. The molecule has 2 heterocycles. The van der Waals surface area contributed by atoms with Crippen molar-refractivity contribution in [2.45, 2.75) is 6.92 Å². The molecule has 0 aliphatic heterocycles. The van der Waals surface area contributed by atoms with Gasteiger partial charge in [-0.25, -0.2) is 9.48 Å². The molecule has 0 N–H and O–H groups in total. The van der Waals surface area contributed by atoms with Crippen LogP contribution in [0.3, 0.4) is 0 Å². The van der Waals surface area contributed by atoms with Gasteiger partial charge < -0.3 is 4.74 Å². The molecule has 0 spiro atoms. The maximum Gasteiger partial charge on any atom is 0.359 e. The largest absolute Gasteiger partial charge is 0.461 e. The van der Waals surface area contributed by atoms with Crippen LogP contribution in [0.5, 0.6) is 0 Å². The van der Waals surface area contributed by atoms with E-state index in [9.17, 15) is 9.59 Å². The van der Waals surface area contributed by atoms with E-state index in [0.717, 1.165) is 0 Å². The highest BCUT2D eigenvalue weighted by Gasteiger charge is 2.17. The van der Waals surface area contributed by atoms with E-state index in [2.05, 4.69) is 10.1 Å². The van der Waals surface area contributed by atoms with Crippen molar-refractivity contribution in [3.8, 4) is 5.69 Å². The van der Waals surface area contributed by atoms with E-state index in [4.69, 9.17) is 4.74 Å². The highest BCUT2D eigenvalue weighted by Crippen LogP contribution is 2.11. The monoisotopic (exact) mass is 245 g/mol. The van der Waals surface area contributed by atoms with Crippen LogP contribution < -0.4 is 0 Å². The van der Waals surface area contributed by atoms with Gasteiger partial charge in [0.15, 0.2) is 12.0 Å². The first-order valence-electron chi connectivity index (χ1n) is 5.38. The number of ether oxygens (including phenoxy) is 1. The lowest BCUT2D eigenvalue weighted by Gasteiger charge is -1.99. The van der Waals surface area contributed by atoms with Gasteiger partial charge in [-0.05, 0) is 19.1 Å². The Morgan fingerprint density at radius 1 is 1.44 bits per heavy atom. The Kier molecular flexibility index (Phi) is 3.47. The lowest BCUT2D eigenvalue weighted by atomic mass is 10.3. The Labute approximate surface area is 103 Å². The normalized spacial score (nSPS) is 10.1. The molecule has 6 nitrogen and oxygen atoms in total. The second-order valence-corrected chi connectivity index (χ2v) is 3.42. The molecule has 0 amide bonds. The molecule has 0 aromatic carbocycles. The minimum absolute atomic E-state index is 0.0173. The molecule has 92 valence electrons. The maximum atomic E-state index is 11.6. The van der Waals surface area contributed by atoms with Gasteiger partial charge >= 0.3 is 5.97 Å².